The summed E-state index contributed by atoms with van der Waals surface area (Å²) < 4.78 is 25.5. The van der Waals surface area contributed by atoms with Crippen molar-refractivity contribution in [1.82, 2.24) is 14.5 Å². The SMILES string of the molecule is CCS(=O)(=O)N(C)C1CCN(C(=O)NC2CCCCC2(C)C)CC1. The second-order valence-electron chi connectivity index (χ2n) is 7.87. The first-order valence-electron chi connectivity index (χ1n) is 9.18. The lowest BCUT2D eigenvalue weighted by molar-refractivity contribution is 0.133. The molecule has 6 nitrogen and oxygen atoms in total. The lowest BCUT2D eigenvalue weighted by atomic mass is 9.73. The number of hydrogen-bond donors (Lipinski definition) is 1. The first kappa shape index (κ1) is 19.5. The molecule has 1 saturated heterocycles. The van der Waals surface area contributed by atoms with E-state index in [1.165, 1.54) is 17.1 Å². The highest BCUT2D eigenvalue weighted by Crippen LogP contribution is 2.35. The number of nitrogens with one attached hydrogen (secondary N) is 1. The summed E-state index contributed by atoms with van der Waals surface area (Å²) in [7, 11) is -1.50. The largest absolute Gasteiger partial charge is 0.335 e. The fraction of sp³-hybridized carbons (Fsp3) is 0.941. The van der Waals surface area contributed by atoms with Gasteiger partial charge in [-0.25, -0.2) is 17.5 Å². The molecule has 1 N–H and O–H groups in total. The number of carbonyl (C=O) groups is 1. The van der Waals surface area contributed by atoms with Crippen LogP contribution in [-0.4, -0.2) is 61.6 Å². The van der Waals surface area contributed by atoms with Crippen molar-refractivity contribution in [2.75, 3.05) is 25.9 Å². The lowest BCUT2D eigenvalue weighted by Gasteiger charge is -2.41. The Morgan fingerprint density at radius 2 is 1.83 bits per heavy atom. The van der Waals surface area contributed by atoms with E-state index in [-0.39, 0.29) is 29.3 Å². The summed E-state index contributed by atoms with van der Waals surface area (Å²) in [5.41, 5.74) is 0.154. The van der Waals surface area contributed by atoms with Crippen molar-refractivity contribution in [3.63, 3.8) is 0 Å². The number of carbonyl (C=O) groups excluding carboxylic acids is 1. The number of sulfonamides is 1. The Balaban J connectivity index is 1.87. The van der Waals surface area contributed by atoms with E-state index < -0.39 is 10.0 Å². The highest BCUT2D eigenvalue weighted by molar-refractivity contribution is 7.89. The lowest BCUT2D eigenvalue weighted by Crippen LogP contribution is -2.54. The number of hydrogen-bond acceptors (Lipinski definition) is 3. The summed E-state index contributed by atoms with van der Waals surface area (Å²) in [5, 5.41) is 3.22. The van der Waals surface area contributed by atoms with Crippen molar-refractivity contribution >= 4 is 16.1 Å². The zero-order valence-electron chi connectivity index (χ0n) is 15.5. The maximum atomic E-state index is 12.6. The summed E-state index contributed by atoms with van der Waals surface area (Å²) in [5.74, 6) is 0.126. The predicted octanol–water partition coefficient (Wildman–Crippen LogP) is 2.41. The number of amides is 2. The Labute approximate surface area is 147 Å². The van der Waals surface area contributed by atoms with Gasteiger partial charge in [0.25, 0.3) is 0 Å². The van der Waals surface area contributed by atoms with Gasteiger partial charge in [-0.3, -0.25) is 0 Å². The van der Waals surface area contributed by atoms with Crippen LogP contribution >= 0.6 is 0 Å². The number of rotatable bonds is 4. The van der Waals surface area contributed by atoms with Gasteiger partial charge < -0.3 is 10.2 Å². The third kappa shape index (κ3) is 4.42. The summed E-state index contributed by atoms with van der Waals surface area (Å²) in [6.45, 7) is 7.36. The van der Waals surface area contributed by atoms with Crippen LogP contribution < -0.4 is 5.32 Å². The van der Waals surface area contributed by atoms with Crippen LogP contribution in [0.5, 0.6) is 0 Å². The smallest absolute Gasteiger partial charge is 0.317 e. The van der Waals surface area contributed by atoms with E-state index in [9.17, 15) is 13.2 Å². The van der Waals surface area contributed by atoms with Gasteiger partial charge in [0.2, 0.25) is 10.0 Å². The average Bonchev–Trinajstić information content (AvgIpc) is 2.56. The van der Waals surface area contributed by atoms with Gasteiger partial charge >= 0.3 is 6.03 Å². The van der Waals surface area contributed by atoms with E-state index in [1.54, 1.807) is 14.0 Å². The fourth-order valence-corrected chi connectivity index (χ4v) is 4.94. The molecule has 1 unspecified atom stereocenters. The molecule has 140 valence electrons. The molecular formula is C17H33N3O3S. The maximum absolute atomic E-state index is 12.6. The van der Waals surface area contributed by atoms with Crippen molar-refractivity contribution in [2.45, 2.75) is 71.4 Å². The van der Waals surface area contributed by atoms with Crippen molar-refractivity contribution in [3.05, 3.63) is 0 Å². The predicted molar refractivity (Wildman–Crippen MR) is 96.4 cm³/mol. The van der Waals surface area contributed by atoms with Crippen LogP contribution in [0, 0.1) is 5.41 Å². The van der Waals surface area contributed by atoms with Crippen LogP contribution in [0.25, 0.3) is 0 Å². The summed E-state index contributed by atoms with van der Waals surface area (Å²) in [6, 6.07) is 0.249. The number of urea groups is 1. The number of likely N-dealkylation sites (tertiary alicyclic amines) is 1. The van der Waals surface area contributed by atoms with Gasteiger partial charge in [-0.15, -0.1) is 0 Å². The van der Waals surface area contributed by atoms with Gasteiger partial charge in [0, 0.05) is 32.2 Å². The topological polar surface area (TPSA) is 69.7 Å². The summed E-state index contributed by atoms with van der Waals surface area (Å²) >= 11 is 0. The van der Waals surface area contributed by atoms with E-state index in [1.807, 2.05) is 4.90 Å². The molecular weight excluding hydrogens is 326 g/mol. The maximum Gasteiger partial charge on any atom is 0.317 e. The standard InChI is InChI=1S/C17H33N3O3S/c1-5-24(22,23)19(4)14-9-12-20(13-10-14)16(21)18-15-8-6-7-11-17(15,2)3/h14-15H,5-13H2,1-4H3,(H,18,21). The first-order valence-corrected chi connectivity index (χ1v) is 10.8. The minimum absolute atomic E-state index is 0.00474. The van der Waals surface area contributed by atoms with Crippen LogP contribution in [0.15, 0.2) is 0 Å². The molecule has 1 atom stereocenters. The molecule has 24 heavy (non-hydrogen) atoms. The molecule has 2 amide bonds. The Bertz CT molecular complexity index is 539. The van der Waals surface area contributed by atoms with Crippen LogP contribution in [0.4, 0.5) is 4.79 Å². The zero-order chi connectivity index (χ0) is 18.0. The number of piperidine rings is 1. The minimum atomic E-state index is -3.16. The fourth-order valence-electron chi connectivity index (χ4n) is 3.87. The van der Waals surface area contributed by atoms with E-state index in [0.717, 1.165) is 12.8 Å². The van der Waals surface area contributed by atoms with Gasteiger partial charge in [0.15, 0.2) is 0 Å². The minimum Gasteiger partial charge on any atom is -0.335 e. The molecule has 7 heteroatoms. The molecule has 2 fully saturated rings. The molecule has 0 bridgehead atoms. The molecule has 2 rings (SSSR count). The molecule has 2 aliphatic rings. The van der Waals surface area contributed by atoms with E-state index >= 15 is 0 Å². The van der Waals surface area contributed by atoms with Gasteiger partial charge in [-0.2, -0.15) is 0 Å². The zero-order valence-corrected chi connectivity index (χ0v) is 16.4. The van der Waals surface area contributed by atoms with Crippen LogP contribution in [-0.2, 0) is 10.0 Å². The molecule has 0 radical (unpaired) electrons. The van der Waals surface area contributed by atoms with Gasteiger partial charge in [0.05, 0.1) is 5.75 Å². The van der Waals surface area contributed by atoms with E-state index in [2.05, 4.69) is 19.2 Å². The molecule has 0 aromatic carbocycles. The molecule has 0 aromatic rings. The quantitative estimate of drug-likeness (QED) is 0.838. The van der Waals surface area contributed by atoms with Gasteiger partial charge in [-0.1, -0.05) is 26.7 Å². The van der Waals surface area contributed by atoms with Crippen molar-refractivity contribution in [3.8, 4) is 0 Å². The van der Waals surface area contributed by atoms with E-state index in [0.29, 0.717) is 25.9 Å². The molecule has 1 aliphatic heterocycles. The van der Waals surface area contributed by atoms with Crippen molar-refractivity contribution < 1.29 is 13.2 Å². The Kier molecular flexibility index (Phi) is 6.18. The molecule has 1 heterocycles. The third-order valence-corrected chi connectivity index (χ3v) is 7.78. The average molecular weight is 360 g/mol. The Hall–Kier alpha value is -0.820. The highest BCUT2D eigenvalue weighted by Gasteiger charge is 2.35. The van der Waals surface area contributed by atoms with Crippen LogP contribution in [0.2, 0.25) is 0 Å². The normalized spacial score (nSPS) is 25.7. The molecule has 0 spiro atoms. The van der Waals surface area contributed by atoms with Crippen molar-refractivity contribution in [2.24, 2.45) is 5.41 Å². The van der Waals surface area contributed by atoms with E-state index in [4.69, 9.17) is 0 Å². The number of nitrogens with zero attached hydrogens (tertiary/aromatic N) is 2. The van der Waals surface area contributed by atoms with Crippen LogP contribution in [0.3, 0.4) is 0 Å². The van der Waals surface area contributed by atoms with Gasteiger partial charge in [-0.05, 0) is 38.0 Å². The van der Waals surface area contributed by atoms with Gasteiger partial charge in [0.1, 0.15) is 0 Å². The second-order valence-corrected chi connectivity index (χ2v) is 10.2. The highest BCUT2D eigenvalue weighted by atomic mass is 32.2. The molecule has 1 aliphatic carbocycles. The monoisotopic (exact) mass is 359 g/mol. The first-order chi connectivity index (χ1) is 11.2. The Morgan fingerprint density at radius 1 is 1.21 bits per heavy atom. The third-order valence-electron chi connectivity index (χ3n) is 5.87. The van der Waals surface area contributed by atoms with Crippen LogP contribution in [0.1, 0.15) is 59.3 Å². The summed E-state index contributed by atoms with van der Waals surface area (Å²) in [4.78, 5) is 14.4. The summed E-state index contributed by atoms with van der Waals surface area (Å²) in [6.07, 6.45) is 6.03. The second kappa shape index (κ2) is 7.60. The molecule has 0 aromatic heterocycles. The van der Waals surface area contributed by atoms with Crippen molar-refractivity contribution in [1.29, 1.82) is 0 Å². The molecule has 1 saturated carbocycles. The Morgan fingerprint density at radius 3 is 2.38 bits per heavy atom.